The Labute approximate surface area is 170 Å². The molecule has 1 N–H and O–H groups in total. The highest BCUT2D eigenvalue weighted by atomic mass is 32.2. The molecule has 28 heavy (non-hydrogen) atoms. The Balaban J connectivity index is 1.64. The van der Waals surface area contributed by atoms with Crippen LogP contribution in [0.3, 0.4) is 0 Å². The fourth-order valence-electron chi connectivity index (χ4n) is 3.12. The summed E-state index contributed by atoms with van der Waals surface area (Å²) in [5, 5.41) is 10.4. The molecule has 0 unspecified atom stereocenters. The molecule has 6 nitrogen and oxygen atoms in total. The number of nitrogens with zero attached hydrogens (tertiary/aromatic N) is 2. The number of hydrogen-bond acceptors (Lipinski definition) is 7. The van der Waals surface area contributed by atoms with Crippen LogP contribution in [0.5, 0.6) is 11.7 Å². The summed E-state index contributed by atoms with van der Waals surface area (Å²) in [4.78, 5) is 18.1. The molecular formula is C21H28N2O4S. The zero-order chi connectivity index (χ0) is 20.1. The van der Waals surface area contributed by atoms with E-state index in [0.29, 0.717) is 12.5 Å². The average Bonchev–Trinajstić information content (AvgIpc) is 2.66. The van der Waals surface area contributed by atoms with Crippen molar-refractivity contribution >= 4 is 11.8 Å². The first-order chi connectivity index (χ1) is 13.4. The van der Waals surface area contributed by atoms with E-state index in [2.05, 4.69) is 30.7 Å². The molecule has 1 aromatic heterocycles. The number of piperazine rings is 1. The van der Waals surface area contributed by atoms with Crippen molar-refractivity contribution in [2.75, 3.05) is 46.4 Å². The van der Waals surface area contributed by atoms with E-state index in [-0.39, 0.29) is 16.6 Å². The molecule has 1 saturated heterocycles. The highest BCUT2D eigenvalue weighted by Gasteiger charge is 2.17. The van der Waals surface area contributed by atoms with Gasteiger partial charge < -0.3 is 19.2 Å². The fraction of sp³-hybridized carbons (Fsp3) is 0.476. The van der Waals surface area contributed by atoms with Gasteiger partial charge in [-0.15, -0.1) is 0 Å². The van der Waals surface area contributed by atoms with Crippen LogP contribution in [0.1, 0.15) is 25.3 Å². The Hall–Kier alpha value is -1.96. The maximum atomic E-state index is 12.4. The predicted octanol–water partition coefficient (Wildman–Crippen LogP) is 3.25. The van der Waals surface area contributed by atoms with Crippen molar-refractivity contribution in [2.45, 2.75) is 29.6 Å². The van der Waals surface area contributed by atoms with Gasteiger partial charge in [0, 0.05) is 37.6 Å². The minimum atomic E-state index is -0.585. The van der Waals surface area contributed by atoms with Gasteiger partial charge in [-0.3, -0.25) is 4.90 Å². The standard InChI is InChI=1S/C21H28N2O4S/c1-15(2)16-6-4-5-7-18(16)28-20-17(24)14-19(27-21(20)25)26-13-12-23-10-8-22(3)9-11-23/h4-7,14-15,24H,8-13H2,1-3H3. The van der Waals surface area contributed by atoms with E-state index in [1.54, 1.807) is 0 Å². The Bertz CT molecular complexity index is 845. The molecule has 2 aromatic rings. The van der Waals surface area contributed by atoms with Gasteiger partial charge in [-0.2, -0.15) is 0 Å². The molecule has 0 aliphatic carbocycles. The van der Waals surface area contributed by atoms with Gasteiger partial charge in [-0.05, 0) is 24.6 Å². The molecule has 1 aliphatic heterocycles. The van der Waals surface area contributed by atoms with Crippen molar-refractivity contribution in [1.29, 1.82) is 0 Å². The van der Waals surface area contributed by atoms with E-state index in [4.69, 9.17) is 9.15 Å². The summed E-state index contributed by atoms with van der Waals surface area (Å²) in [6, 6.07) is 9.24. The minimum Gasteiger partial charge on any atom is -0.506 e. The van der Waals surface area contributed by atoms with Crippen LogP contribution in [0.15, 0.2) is 49.3 Å². The first-order valence-corrected chi connectivity index (χ1v) is 10.4. The zero-order valence-corrected chi connectivity index (χ0v) is 17.5. The van der Waals surface area contributed by atoms with Crippen LogP contribution in [0.2, 0.25) is 0 Å². The van der Waals surface area contributed by atoms with Gasteiger partial charge in [0.05, 0.1) is 6.07 Å². The maximum Gasteiger partial charge on any atom is 0.356 e. The largest absolute Gasteiger partial charge is 0.506 e. The second-order valence-corrected chi connectivity index (χ2v) is 8.41. The highest BCUT2D eigenvalue weighted by molar-refractivity contribution is 7.99. The Morgan fingerprint density at radius 3 is 2.61 bits per heavy atom. The Morgan fingerprint density at radius 2 is 1.93 bits per heavy atom. The maximum absolute atomic E-state index is 12.4. The van der Waals surface area contributed by atoms with Crippen molar-refractivity contribution in [3.05, 3.63) is 46.3 Å². The Morgan fingerprint density at radius 1 is 1.21 bits per heavy atom. The monoisotopic (exact) mass is 404 g/mol. The molecule has 152 valence electrons. The van der Waals surface area contributed by atoms with Gasteiger partial charge in [-0.1, -0.05) is 43.8 Å². The number of ether oxygens (including phenoxy) is 1. The molecule has 2 heterocycles. The van der Waals surface area contributed by atoms with Gasteiger partial charge in [0.15, 0.2) is 0 Å². The molecule has 1 aromatic carbocycles. The molecule has 1 fully saturated rings. The molecular weight excluding hydrogens is 376 g/mol. The molecule has 0 amide bonds. The molecule has 1 aliphatic rings. The molecule has 0 radical (unpaired) electrons. The minimum absolute atomic E-state index is 0.0538. The van der Waals surface area contributed by atoms with Crippen LogP contribution < -0.4 is 10.4 Å². The van der Waals surface area contributed by atoms with Gasteiger partial charge >= 0.3 is 5.63 Å². The van der Waals surface area contributed by atoms with E-state index in [1.165, 1.54) is 17.8 Å². The van der Waals surface area contributed by atoms with Gasteiger partial charge in [-0.25, -0.2) is 4.79 Å². The van der Waals surface area contributed by atoms with Crippen LogP contribution in [0.4, 0.5) is 0 Å². The summed E-state index contributed by atoms with van der Waals surface area (Å²) in [7, 11) is 2.12. The molecule has 0 spiro atoms. The molecule has 7 heteroatoms. The smallest absolute Gasteiger partial charge is 0.356 e. The number of likely N-dealkylation sites (N-methyl/N-ethyl adjacent to an activating group) is 1. The lowest BCUT2D eigenvalue weighted by atomic mass is 10.0. The molecule has 0 saturated carbocycles. The van der Waals surface area contributed by atoms with Gasteiger partial charge in [0.1, 0.15) is 17.3 Å². The molecule has 3 rings (SSSR count). The van der Waals surface area contributed by atoms with E-state index < -0.39 is 5.63 Å². The summed E-state index contributed by atoms with van der Waals surface area (Å²) in [6.07, 6.45) is 0. The highest BCUT2D eigenvalue weighted by Crippen LogP contribution is 2.37. The van der Waals surface area contributed by atoms with Crippen LogP contribution in [0.25, 0.3) is 0 Å². The van der Waals surface area contributed by atoms with Crippen molar-refractivity contribution < 1.29 is 14.3 Å². The van der Waals surface area contributed by atoms with Gasteiger partial charge in [0.25, 0.3) is 5.95 Å². The van der Waals surface area contributed by atoms with Crippen LogP contribution >= 0.6 is 11.8 Å². The summed E-state index contributed by atoms with van der Waals surface area (Å²) < 4.78 is 10.9. The second kappa shape index (κ2) is 9.49. The topological polar surface area (TPSA) is 66.2 Å². The Kier molecular flexibility index (Phi) is 7.04. The molecule has 0 bridgehead atoms. The van der Waals surface area contributed by atoms with Crippen LogP contribution in [0, 0.1) is 0 Å². The van der Waals surface area contributed by atoms with Crippen LogP contribution in [-0.2, 0) is 0 Å². The average molecular weight is 405 g/mol. The van der Waals surface area contributed by atoms with Crippen molar-refractivity contribution in [2.24, 2.45) is 0 Å². The van der Waals surface area contributed by atoms with E-state index >= 15 is 0 Å². The third kappa shape index (κ3) is 5.31. The van der Waals surface area contributed by atoms with E-state index in [9.17, 15) is 9.90 Å². The summed E-state index contributed by atoms with van der Waals surface area (Å²) in [6.45, 7) is 9.45. The zero-order valence-electron chi connectivity index (χ0n) is 16.7. The van der Waals surface area contributed by atoms with Crippen molar-refractivity contribution in [3.8, 4) is 11.7 Å². The second-order valence-electron chi connectivity index (χ2n) is 7.36. The normalized spacial score (nSPS) is 15.9. The van der Waals surface area contributed by atoms with Crippen LogP contribution in [-0.4, -0.2) is 61.3 Å². The van der Waals surface area contributed by atoms with E-state index in [1.807, 2.05) is 24.3 Å². The quantitative estimate of drug-likeness (QED) is 0.760. The fourth-order valence-corrected chi connectivity index (χ4v) is 4.20. The summed E-state index contributed by atoms with van der Waals surface area (Å²) in [5.41, 5.74) is 0.539. The third-order valence-electron chi connectivity index (χ3n) is 4.87. The summed E-state index contributed by atoms with van der Waals surface area (Å²) >= 11 is 1.23. The van der Waals surface area contributed by atoms with E-state index in [0.717, 1.165) is 43.2 Å². The number of hydrogen-bond donors (Lipinski definition) is 1. The number of benzene rings is 1. The summed E-state index contributed by atoms with van der Waals surface area (Å²) in [5.74, 6) is 0.252. The lowest BCUT2D eigenvalue weighted by molar-refractivity contribution is 0.123. The predicted molar refractivity (Wildman–Crippen MR) is 111 cm³/mol. The number of aromatic hydroxyl groups is 1. The third-order valence-corrected chi connectivity index (χ3v) is 6.04. The SMILES string of the molecule is CC(C)c1ccccc1Sc1c(O)cc(OCCN2CCN(C)CC2)oc1=O. The molecule has 0 atom stereocenters. The first-order valence-electron chi connectivity index (χ1n) is 9.61. The lowest BCUT2D eigenvalue weighted by Crippen LogP contribution is -2.45. The van der Waals surface area contributed by atoms with Crippen molar-refractivity contribution in [3.63, 3.8) is 0 Å². The lowest BCUT2D eigenvalue weighted by Gasteiger charge is -2.32. The van der Waals surface area contributed by atoms with Gasteiger partial charge in [0.2, 0.25) is 0 Å². The number of rotatable bonds is 7. The first kappa shape index (κ1) is 20.8. The van der Waals surface area contributed by atoms with Crippen molar-refractivity contribution in [1.82, 2.24) is 9.80 Å².